The molecule has 180 valence electrons. The van der Waals surface area contributed by atoms with Crippen LogP contribution in [0.3, 0.4) is 0 Å². The van der Waals surface area contributed by atoms with Crippen LogP contribution in [-0.4, -0.2) is 35.1 Å². The number of carbonyl (C=O) groups excluding carboxylic acids is 2. The number of hydrogen-bond donors (Lipinski definition) is 1. The standard InChI is InChI=1S/C27H27N3O4S/c1-5-33-26(31)22-16(3)29-17(4)23(27(32)34-6-2)24(22)19-11-7-8-12-20(19)25-30-21(15-35-25)18-10-9-13-28-14-18/h7-15,24,29H,5-6H2,1-4H3. The lowest BCUT2D eigenvalue weighted by Crippen LogP contribution is -2.32. The van der Waals surface area contributed by atoms with E-state index in [1.165, 1.54) is 11.3 Å². The molecule has 35 heavy (non-hydrogen) atoms. The van der Waals surface area contributed by atoms with Crippen LogP contribution in [-0.2, 0) is 19.1 Å². The van der Waals surface area contributed by atoms with E-state index in [9.17, 15) is 9.59 Å². The molecule has 8 heteroatoms. The largest absolute Gasteiger partial charge is 0.463 e. The second-order valence-electron chi connectivity index (χ2n) is 7.94. The Morgan fingerprint density at radius 3 is 2.23 bits per heavy atom. The summed E-state index contributed by atoms with van der Waals surface area (Å²) in [7, 11) is 0. The molecule has 4 rings (SSSR count). The van der Waals surface area contributed by atoms with Gasteiger partial charge in [0.2, 0.25) is 0 Å². The molecule has 0 unspecified atom stereocenters. The number of pyridine rings is 1. The minimum Gasteiger partial charge on any atom is -0.463 e. The summed E-state index contributed by atoms with van der Waals surface area (Å²) in [6, 6.07) is 11.5. The monoisotopic (exact) mass is 489 g/mol. The Morgan fingerprint density at radius 2 is 1.63 bits per heavy atom. The highest BCUT2D eigenvalue weighted by atomic mass is 32.1. The van der Waals surface area contributed by atoms with Gasteiger partial charge in [-0.1, -0.05) is 24.3 Å². The maximum absolute atomic E-state index is 13.1. The molecular weight excluding hydrogens is 462 g/mol. The number of allylic oxidation sites excluding steroid dienone is 2. The van der Waals surface area contributed by atoms with Crippen LogP contribution in [0.15, 0.2) is 76.7 Å². The number of benzene rings is 1. The summed E-state index contributed by atoms with van der Waals surface area (Å²) in [5.74, 6) is -1.61. The predicted octanol–water partition coefficient (Wildman–Crippen LogP) is 5.23. The molecule has 7 nitrogen and oxygen atoms in total. The molecule has 1 aliphatic rings. The zero-order valence-corrected chi connectivity index (χ0v) is 20.9. The van der Waals surface area contributed by atoms with Crippen molar-refractivity contribution in [2.24, 2.45) is 0 Å². The predicted molar refractivity (Wildman–Crippen MR) is 135 cm³/mol. The summed E-state index contributed by atoms with van der Waals surface area (Å²) in [5.41, 5.74) is 5.41. The van der Waals surface area contributed by atoms with Gasteiger partial charge in [-0.3, -0.25) is 4.98 Å². The maximum Gasteiger partial charge on any atom is 0.336 e. The summed E-state index contributed by atoms with van der Waals surface area (Å²) >= 11 is 1.50. The number of nitrogens with one attached hydrogen (secondary N) is 1. The van der Waals surface area contributed by atoms with Gasteiger partial charge in [0.15, 0.2) is 0 Å². The Morgan fingerprint density at radius 1 is 0.971 bits per heavy atom. The Labute approximate surface area is 208 Å². The highest BCUT2D eigenvalue weighted by Crippen LogP contribution is 2.44. The van der Waals surface area contributed by atoms with E-state index in [1.807, 2.05) is 55.6 Å². The number of esters is 2. The zero-order chi connectivity index (χ0) is 24.9. The molecule has 0 radical (unpaired) electrons. The summed E-state index contributed by atoms with van der Waals surface area (Å²) in [4.78, 5) is 35.3. The molecule has 0 amide bonds. The normalized spacial score (nSPS) is 14.1. The Hall–Kier alpha value is -3.78. The first-order valence-corrected chi connectivity index (χ1v) is 12.3. The van der Waals surface area contributed by atoms with Crippen molar-refractivity contribution in [3.05, 3.63) is 82.3 Å². The third-order valence-corrected chi connectivity index (χ3v) is 6.59. The van der Waals surface area contributed by atoms with Crippen molar-refractivity contribution < 1.29 is 19.1 Å². The third kappa shape index (κ3) is 4.88. The Bertz CT molecular complexity index is 1270. The van der Waals surface area contributed by atoms with Gasteiger partial charge < -0.3 is 14.8 Å². The van der Waals surface area contributed by atoms with Gasteiger partial charge in [0.25, 0.3) is 0 Å². The first-order valence-electron chi connectivity index (χ1n) is 11.4. The zero-order valence-electron chi connectivity index (χ0n) is 20.1. The van der Waals surface area contributed by atoms with Crippen LogP contribution in [0.4, 0.5) is 0 Å². The van der Waals surface area contributed by atoms with Crippen molar-refractivity contribution in [3.8, 4) is 21.8 Å². The highest BCUT2D eigenvalue weighted by molar-refractivity contribution is 7.13. The van der Waals surface area contributed by atoms with Gasteiger partial charge in [-0.15, -0.1) is 11.3 Å². The molecule has 0 saturated heterocycles. The number of thiazole rings is 1. The van der Waals surface area contributed by atoms with Crippen LogP contribution < -0.4 is 5.32 Å². The molecule has 1 aromatic carbocycles. The molecular formula is C27H27N3O4S. The molecule has 0 atom stereocenters. The van der Waals surface area contributed by atoms with Crippen LogP contribution in [0, 0.1) is 0 Å². The van der Waals surface area contributed by atoms with Crippen LogP contribution >= 0.6 is 11.3 Å². The fourth-order valence-electron chi connectivity index (χ4n) is 4.25. The van der Waals surface area contributed by atoms with E-state index >= 15 is 0 Å². The first-order chi connectivity index (χ1) is 17.0. The molecule has 0 aliphatic carbocycles. The summed E-state index contributed by atoms with van der Waals surface area (Å²) in [6.07, 6.45) is 3.49. The van der Waals surface area contributed by atoms with Gasteiger partial charge in [-0.05, 0) is 45.4 Å². The van der Waals surface area contributed by atoms with Crippen LogP contribution in [0.25, 0.3) is 21.8 Å². The molecule has 0 fully saturated rings. The number of hydrogen-bond acceptors (Lipinski definition) is 8. The molecule has 2 aromatic heterocycles. The van der Waals surface area contributed by atoms with Crippen molar-refractivity contribution in [2.45, 2.75) is 33.6 Å². The summed E-state index contributed by atoms with van der Waals surface area (Å²) in [5, 5.41) is 5.94. The van der Waals surface area contributed by atoms with Gasteiger partial charge in [-0.2, -0.15) is 0 Å². The Balaban J connectivity index is 1.89. The molecule has 3 aromatic rings. The van der Waals surface area contributed by atoms with Gasteiger partial charge in [0.1, 0.15) is 5.01 Å². The molecule has 0 saturated carbocycles. The number of nitrogens with zero attached hydrogens (tertiary/aromatic N) is 2. The summed E-state index contributed by atoms with van der Waals surface area (Å²) in [6.45, 7) is 7.60. The molecule has 1 aliphatic heterocycles. The molecule has 1 N–H and O–H groups in total. The van der Waals surface area contributed by atoms with Crippen molar-refractivity contribution in [2.75, 3.05) is 13.2 Å². The second kappa shape index (κ2) is 10.7. The average Bonchev–Trinajstić information content (AvgIpc) is 3.34. The van der Waals surface area contributed by atoms with Crippen LogP contribution in [0.1, 0.15) is 39.2 Å². The number of aromatic nitrogens is 2. The fraction of sp³-hybridized carbons (Fsp3) is 0.259. The van der Waals surface area contributed by atoms with E-state index < -0.39 is 17.9 Å². The van der Waals surface area contributed by atoms with E-state index in [4.69, 9.17) is 14.5 Å². The van der Waals surface area contributed by atoms with Crippen molar-refractivity contribution in [3.63, 3.8) is 0 Å². The minimum atomic E-state index is -0.670. The Kier molecular flexibility index (Phi) is 7.41. The van der Waals surface area contributed by atoms with E-state index in [1.54, 1.807) is 26.2 Å². The molecule has 0 bridgehead atoms. The van der Waals surface area contributed by atoms with Crippen molar-refractivity contribution in [1.29, 1.82) is 0 Å². The van der Waals surface area contributed by atoms with E-state index in [0.29, 0.717) is 22.5 Å². The topological polar surface area (TPSA) is 90.4 Å². The van der Waals surface area contributed by atoms with E-state index in [0.717, 1.165) is 27.4 Å². The first kappa shape index (κ1) is 24.3. The fourth-order valence-corrected chi connectivity index (χ4v) is 5.13. The number of dihydropyridines is 1. The SMILES string of the molecule is CCOC(=O)C1=C(C)NC(C)=C(C(=O)OCC)C1c1ccccc1-c1nc(-c2cccnc2)cs1. The lowest BCUT2D eigenvalue weighted by atomic mass is 9.78. The van der Waals surface area contributed by atoms with Gasteiger partial charge in [0.05, 0.1) is 36.0 Å². The van der Waals surface area contributed by atoms with E-state index in [2.05, 4.69) is 10.3 Å². The minimum absolute atomic E-state index is 0.225. The van der Waals surface area contributed by atoms with Crippen LogP contribution in [0.2, 0.25) is 0 Å². The summed E-state index contributed by atoms with van der Waals surface area (Å²) < 4.78 is 10.8. The van der Waals surface area contributed by atoms with Gasteiger partial charge in [-0.25, -0.2) is 14.6 Å². The van der Waals surface area contributed by atoms with Crippen LogP contribution in [0.5, 0.6) is 0 Å². The third-order valence-electron chi connectivity index (χ3n) is 5.71. The second-order valence-corrected chi connectivity index (χ2v) is 8.80. The lowest BCUT2D eigenvalue weighted by molar-refractivity contribution is -0.139. The number of rotatable bonds is 7. The number of ether oxygens (including phenoxy) is 2. The van der Waals surface area contributed by atoms with Gasteiger partial charge >= 0.3 is 11.9 Å². The number of carbonyl (C=O) groups is 2. The van der Waals surface area contributed by atoms with Crippen molar-refractivity contribution >= 4 is 23.3 Å². The smallest absolute Gasteiger partial charge is 0.336 e. The van der Waals surface area contributed by atoms with Crippen molar-refractivity contribution in [1.82, 2.24) is 15.3 Å². The van der Waals surface area contributed by atoms with Gasteiger partial charge in [0, 0.05) is 40.3 Å². The quantitative estimate of drug-likeness (QED) is 0.454. The highest BCUT2D eigenvalue weighted by Gasteiger charge is 2.39. The molecule has 3 heterocycles. The molecule has 0 spiro atoms. The lowest BCUT2D eigenvalue weighted by Gasteiger charge is -2.31. The average molecular weight is 490 g/mol. The maximum atomic E-state index is 13.1. The van der Waals surface area contributed by atoms with E-state index in [-0.39, 0.29) is 13.2 Å².